The lowest BCUT2D eigenvalue weighted by molar-refractivity contribution is -0.145. The van der Waals surface area contributed by atoms with Crippen LogP contribution in [-0.4, -0.2) is 77.8 Å². The van der Waals surface area contributed by atoms with Gasteiger partial charge in [-0.3, -0.25) is 9.59 Å². The molecule has 2 aromatic rings. The van der Waals surface area contributed by atoms with Crippen LogP contribution in [0.15, 0.2) is 60.7 Å². The zero-order valence-electron chi connectivity index (χ0n) is 49.9. The zero-order valence-corrected chi connectivity index (χ0v) is 50.9. The third-order valence-corrected chi connectivity index (χ3v) is 22.6. The smallest absolute Gasteiger partial charge is 0.305 e. The van der Waals surface area contributed by atoms with Crippen LogP contribution in [0.2, 0.25) is 5.04 Å². The first-order valence-electron chi connectivity index (χ1n) is 32.5. The number of carbonyl (C=O) groups is 2. The molecule has 7 nitrogen and oxygen atoms in total. The summed E-state index contributed by atoms with van der Waals surface area (Å²) in [5.74, 6) is 1.34. The van der Waals surface area contributed by atoms with E-state index in [1.165, 1.54) is 190 Å². The van der Waals surface area contributed by atoms with Gasteiger partial charge in [-0.2, -0.15) is 0 Å². The Balaban J connectivity index is 1.20. The van der Waals surface area contributed by atoms with Crippen LogP contribution in [0, 0.1) is 11.8 Å². The molecule has 2 fully saturated rings. The highest BCUT2D eigenvalue weighted by Crippen LogP contribution is 2.37. The van der Waals surface area contributed by atoms with E-state index in [9.17, 15) is 9.59 Å². The summed E-state index contributed by atoms with van der Waals surface area (Å²) in [7, 11) is -0.347. The van der Waals surface area contributed by atoms with Crippen molar-refractivity contribution in [1.82, 2.24) is 4.90 Å². The first-order valence-corrected chi connectivity index (χ1v) is 34.4. The van der Waals surface area contributed by atoms with E-state index in [4.69, 9.17) is 18.6 Å². The second-order valence-corrected chi connectivity index (χ2v) is 29.2. The standard InChI is InChI=1S/C68H117NO6Si/c1-68(2,3)76(64-47-35-25-36-48-64,65-49-37-26-38-50-65)75-60-59-72-58-55-69(4)63(45-33-27-39-56-73-66(70)53-51-61-41-29-21-17-13-9-5-6-10-14-18-22-30-42-61)46-34-28-40-57-74-67(71)54-52-62-43-31-23-19-15-11-7-8-12-16-20-24-32-44-62/h25-26,35-38,47-50,61-63H,5-24,27-34,39-46,51-60H2,1-4H3. The van der Waals surface area contributed by atoms with Gasteiger partial charge in [0, 0.05) is 25.4 Å². The summed E-state index contributed by atoms with van der Waals surface area (Å²) in [5.41, 5.74) is 0. The van der Waals surface area contributed by atoms with E-state index in [-0.39, 0.29) is 17.0 Å². The molecule has 0 spiro atoms. The van der Waals surface area contributed by atoms with Crippen LogP contribution in [0.4, 0.5) is 0 Å². The van der Waals surface area contributed by atoms with Crippen LogP contribution >= 0.6 is 0 Å². The van der Waals surface area contributed by atoms with Crippen molar-refractivity contribution in [3.8, 4) is 0 Å². The quantitative estimate of drug-likeness (QED) is 0.0477. The van der Waals surface area contributed by atoms with Crippen molar-refractivity contribution in [1.29, 1.82) is 0 Å². The van der Waals surface area contributed by atoms with Crippen molar-refractivity contribution in [2.45, 2.75) is 289 Å². The molecule has 0 bridgehead atoms. The highest BCUT2D eigenvalue weighted by molar-refractivity contribution is 6.99. The third-order valence-electron chi connectivity index (χ3n) is 17.5. The number of ether oxygens (including phenoxy) is 3. The van der Waals surface area contributed by atoms with Gasteiger partial charge in [-0.25, -0.2) is 0 Å². The maximum atomic E-state index is 12.9. The van der Waals surface area contributed by atoms with Crippen LogP contribution in [0.5, 0.6) is 0 Å². The normalized spacial score (nSPS) is 17.8. The SMILES string of the molecule is CN(CCOCCO[Si](c1ccccc1)(c1ccccc1)C(C)(C)C)C(CCCCCOC(=O)CCC1CCCCCCCCCCCCCC1)CCCCCOC(=O)CCC1CCCCCCCCCCCCCC1. The summed E-state index contributed by atoms with van der Waals surface area (Å²) in [4.78, 5) is 28.4. The molecule has 0 amide bonds. The molecular formula is C68H117NO6Si. The highest BCUT2D eigenvalue weighted by atomic mass is 28.4. The molecule has 434 valence electrons. The van der Waals surface area contributed by atoms with Crippen molar-refractivity contribution in [3.05, 3.63) is 60.7 Å². The van der Waals surface area contributed by atoms with Crippen LogP contribution in [0.3, 0.4) is 0 Å². The second-order valence-electron chi connectivity index (χ2n) is 24.8. The molecule has 0 unspecified atom stereocenters. The maximum absolute atomic E-state index is 12.9. The van der Waals surface area contributed by atoms with Crippen LogP contribution in [0.1, 0.15) is 278 Å². The fraction of sp³-hybridized carbons (Fsp3) is 0.794. The minimum atomic E-state index is -2.61. The second kappa shape index (κ2) is 42.4. The number of nitrogens with zero attached hydrogens (tertiary/aromatic N) is 1. The molecule has 0 heterocycles. The molecule has 0 saturated heterocycles. The Labute approximate surface area is 469 Å². The van der Waals surface area contributed by atoms with Crippen molar-refractivity contribution >= 4 is 30.6 Å². The minimum absolute atomic E-state index is 0.00316. The van der Waals surface area contributed by atoms with Crippen molar-refractivity contribution in [2.75, 3.05) is 46.6 Å². The monoisotopic (exact) mass is 1070 g/mol. The van der Waals surface area contributed by atoms with Crippen molar-refractivity contribution in [3.63, 3.8) is 0 Å². The topological polar surface area (TPSA) is 74.3 Å². The van der Waals surface area contributed by atoms with Gasteiger partial charge in [0.1, 0.15) is 0 Å². The number of benzene rings is 2. The predicted octanol–water partition coefficient (Wildman–Crippen LogP) is 17.8. The van der Waals surface area contributed by atoms with Gasteiger partial charge < -0.3 is 23.5 Å². The Bertz CT molecular complexity index is 1550. The molecule has 2 aromatic carbocycles. The van der Waals surface area contributed by atoms with Crippen LogP contribution < -0.4 is 10.4 Å². The largest absolute Gasteiger partial charge is 0.466 e. The first-order chi connectivity index (χ1) is 37.2. The molecule has 76 heavy (non-hydrogen) atoms. The first kappa shape index (κ1) is 66.0. The van der Waals surface area contributed by atoms with Gasteiger partial charge in [-0.05, 0) is 72.8 Å². The van der Waals surface area contributed by atoms with Crippen LogP contribution in [0.25, 0.3) is 0 Å². The van der Waals surface area contributed by atoms with Gasteiger partial charge in [0.25, 0.3) is 8.32 Å². The number of hydrogen-bond donors (Lipinski definition) is 0. The number of carbonyl (C=O) groups excluding carboxylic acids is 2. The fourth-order valence-corrected chi connectivity index (χ4v) is 17.3. The number of unbranched alkanes of at least 4 members (excludes halogenated alkanes) is 4. The van der Waals surface area contributed by atoms with Gasteiger partial charge >= 0.3 is 11.9 Å². The Morgan fingerprint density at radius 3 is 1.18 bits per heavy atom. The molecule has 0 aliphatic heterocycles. The third kappa shape index (κ3) is 29.1. The molecule has 0 atom stereocenters. The lowest BCUT2D eigenvalue weighted by atomic mass is 9.90. The zero-order chi connectivity index (χ0) is 54.0. The maximum Gasteiger partial charge on any atom is 0.305 e. The van der Waals surface area contributed by atoms with Gasteiger partial charge in [0.15, 0.2) is 0 Å². The molecule has 4 rings (SSSR count). The molecule has 8 heteroatoms. The Morgan fingerprint density at radius 2 is 0.829 bits per heavy atom. The Kier molecular flexibility index (Phi) is 36.8. The molecule has 2 aliphatic carbocycles. The van der Waals surface area contributed by atoms with E-state index in [1.54, 1.807) is 0 Å². The average molecular weight is 1070 g/mol. The number of rotatable bonds is 28. The number of esters is 2. The number of hydrogen-bond acceptors (Lipinski definition) is 7. The molecule has 0 radical (unpaired) electrons. The Morgan fingerprint density at radius 1 is 0.474 bits per heavy atom. The lowest BCUT2D eigenvalue weighted by Crippen LogP contribution is -2.66. The van der Waals surface area contributed by atoms with Gasteiger partial charge in [-0.1, -0.05) is 287 Å². The summed E-state index contributed by atoms with van der Waals surface area (Å²) in [6.45, 7) is 10.7. The van der Waals surface area contributed by atoms with Crippen molar-refractivity contribution < 1.29 is 28.2 Å². The summed E-state index contributed by atoms with van der Waals surface area (Å²) in [5, 5.41) is 2.52. The molecular weight excluding hydrogens is 955 g/mol. The molecule has 2 aliphatic rings. The highest BCUT2D eigenvalue weighted by Gasteiger charge is 2.50. The Hall–Kier alpha value is -2.52. The molecule has 2 saturated carbocycles. The average Bonchev–Trinajstić information content (AvgIpc) is 3.44. The predicted molar refractivity (Wildman–Crippen MR) is 324 cm³/mol. The summed E-state index contributed by atoms with van der Waals surface area (Å²) < 4.78 is 25.1. The fourth-order valence-electron chi connectivity index (χ4n) is 12.7. The number of likely N-dealkylation sites (N-methyl/N-ethyl adjacent to an activating group) is 1. The van der Waals surface area contributed by atoms with E-state index in [0.29, 0.717) is 63.8 Å². The summed E-state index contributed by atoms with van der Waals surface area (Å²) in [6.07, 6.45) is 49.7. The van der Waals surface area contributed by atoms with Crippen LogP contribution in [-0.2, 0) is 28.2 Å². The van der Waals surface area contributed by atoms with E-state index < -0.39 is 8.32 Å². The van der Waals surface area contributed by atoms with Crippen molar-refractivity contribution in [2.24, 2.45) is 11.8 Å². The molecule has 0 aromatic heterocycles. The van der Waals surface area contributed by atoms with Gasteiger partial charge in [-0.15, -0.1) is 0 Å². The minimum Gasteiger partial charge on any atom is -0.466 e. The molecule has 0 N–H and O–H groups in total. The van der Waals surface area contributed by atoms with E-state index >= 15 is 0 Å². The summed E-state index contributed by atoms with van der Waals surface area (Å²) in [6, 6.07) is 22.2. The van der Waals surface area contributed by atoms with Gasteiger partial charge in [0.2, 0.25) is 0 Å². The van der Waals surface area contributed by atoms with E-state index in [2.05, 4.69) is 93.4 Å². The lowest BCUT2D eigenvalue weighted by Gasteiger charge is -2.43. The van der Waals surface area contributed by atoms with E-state index in [1.807, 2.05) is 0 Å². The van der Waals surface area contributed by atoms with Gasteiger partial charge in [0.05, 0.1) is 33.0 Å². The summed E-state index contributed by atoms with van der Waals surface area (Å²) >= 11 is 0. The van der Waals surface area contributed by atoms with E-state index in [0.717, 1.165) is 70.8 Å².